The van der Waals surface area contributed by atoms with Crippen LogP contribution >= 0.6 is 0 Å². The fourth-order valence-corrected chi connectivity index (χ4v) is 2.32. The van der Waals surface area contributed by atoms with Crippen molar-refractivity contribution < 1.29 is 9.00 Å². The first-order valence-electron chi connectivity index (χ1n) is 5.44. The predicted molar refractivity (Wildman–Crippen MR) is 61.9 cm³/mol. The molecular weight excluding hydrogens is 212 g/mol. The fraction of sp³-hybridized carbons (Fsp3) is 0.900. The van der Waals surface area contributed by atoms with Gasteiger partial charge >= 0.3 is 0 Å². The molecule has 0 aromatic rings. The van der Waals surface area contributed by atoms with E-state index in [-0.39, 0.29) is 17.9 Å². The largest absolute Gasteiger partial charge is 0.355 e. The molecule has 0 saturated heterocycles. The Balaban J connectivity index is 2.29. The lowest BCUT2D eigenvalue weighted by atomic mass is 9.84. The molecular formula is C10H20N2O2S. The van der Waals surface area contributed by atoms with E-state index in [0.717, 1.165) is 25.7 Å². The average Bonchev–Trinajstić information content (AvgIpc) is 2.17. The molecule has 3 N–H and O–H groups in total. The van der Waals surface area contributed by atoms with E-state index in [1.54, 1.807) is 6.26 Å². The highest BCUT2D eigenvalue weighted by Gasteiger charge is 2.27. The summed E-state index contributed by atoms with van der Waals surface area (Å²) in [6.07, 6.45) is 5.69. The van der Waals surface area contributed by atoms with Crippen LogP contribution < -0.4 is 11.1 Å². The third-order valence-corrected chi connectivity index (χ3v) is 3.62. The van der Waals surface area contributed by atoms with Crippen molar-refractivity contribution in [1.29, 1.82) is 0 Å². The zero-order valence-electron chi connectivity index (χ0n) is 9.20. The van der Waals surface area contributed by atoms with E-state index in [2.05, 4.69) is 5.32 Å². The third kappa shape index (κ3) is 4.30. The van der Waals surface area contributed by atoms with Crippen LogP contribution in [-0.4, -0.2) is 34.7 Å². The van der Waals surface area contributed by atoms with Gasteiger partial charge in [-0.1, -0.05) is 12.8 Å². The molecule has 0 aliphatic heterocycles. The second-order valence-electron chi connectivity index (χ2n) is 4.12. The van der Waals surface area contributed by atoms with Gasteiger partial charge in [0.25, 0.3) is 0 Å². The molecule has 1 rings (SSSR count). The van der Waals surface area contributed by atoms with Crippen molar-refractivity contribution in [1.82, 2.24) is 5.32 Å². The van der Waals surface area contributed by atoms with E-state index in [4.69, 9.17) is 5.73 Å². The van der Waals surface area contributed by atoms with Gasteiger partial charge in [-0.25, -0.2) is 0 Å². The fourth-order valence-electron chi connectivity index (χ4n) is 1.93. The molecule has 1 fully saturated rings. The predicted octanol–water partition coefficient (Wildman–Crippen LogP) is -0.00140. The van der Waals surface area contributed by atoms with Crippen LogP contribution in [0.15, 0.2) is 0 Å². The Morgan fingerprint density at radius 2 is 2.13 bits per heavy atom. The Labute approximate surface area is 93.4 Å². The molecule has 1 aliphatic rings. The van der Waals surface area contributed by atoms with Crippen molar-refractivity contribution in [2.75, 3.05) is 18.6 Å². The van der Waals surface area contributed by atoms with Crippen LogP contribution in [0.5, 0.6) is 0 Å². The molecule has 1 aliphatic carbocycles. The molecule has 5 heteroatoms. The molecule has 0 radical (unpaired) electrons. The molecule has 0 heterocycles. The Kier molecular flexibility index (Phi) is 5.25. The van der Waals surface area contributed by atoms with Crippen LogP contribution in [0, 0.1) is 5.92 Å². The molecule has 3 unspecified atom stereocenters. The van der Waals surface area contributed by atoms with Crippen molar-refractivity contribution in [3.05, 3.63) is 0 Å². The monoisotopic (exact) mass is 232 g/mol. The van der Waals surface area contributed by atoms with Gasteiger partial charge in [-0.2, -0.15) is 0 Å². The van der Waals surface area contributed by atoms with Crippen LogP contribution in [0.25, 0.3) is 0 Å². The number of rotatable bonds is 4. The van der Waals surface area contributed by atoms with Gasteiger partial charge < -0.3 is 11.1 Å². The molecule has 1 saturated carbocycles. The maximum absolute atomic E-state index is 11.7. The third-order valence-electron chi connectivity index (χ3n) is 2.84. The lowest BCUT2D eigenvalue weighted by Gasteiger charge is -2.27. The first-order chi connectivity index (χ1) is 7.11. The quantitative estimate of drug-likeness (QED) is 0.716. The smallest absolute Gasteiger partial charge is 0.224 e. The number of hydrogen-bond donors (Lipinski definition) is 2. The van der Waals surface area contributed by atoms with E-state index >= 15 is 0 Å². The van der Waals surface area contributed by atoms with Gasteiger partial charge in [0, 0.05) is 35.4 Å². The molecule has 3 atom stereocenters. The van der Waals surface area contributed by atoms with Crippen molar-refractivity contribution >= 4 is 16.7 Å². The van der Waals surface area contributed by atoms with Crippen LogP contribution in [-0.2, 0) is 15.6 Å². The Hall–Kier alpha value is -0.420. The van der Waals surface area contributed by atoms with Crippen molar-refractivity contribution in [2.45, 2.75) is 31.7 Å². The highest BCUT2D eigenvalue weighted by Crippen LogP contribution is 2.22. The zero-order chi connectivity index (χ0) is 11.3. The van der Waals surface area contributed by atoms with E-state index in [1.807, 2.05) is 0 Å². The minimum Gasteiger partial charge on any atom is -0.355 e. The number of carbonyl (C=O) groups excluding carboxylic acids is 1. The summed E-state index contributed by atoms with van der Waals surface area (Å²) in [6, 6.07) is 0.00544. The van der Waals surface area contributed by atoms with Gasteiger partial charge in [-0.3, -0.25) is 9.00 Å². The average molecular weight is 232 g/mol. The van der Waals surface area contributed by atoms with E-state index < -0.39 is 10.8 Å². The summed E-state index contributed by atoms with van der Waals surface area (Å²) in [5.41, 5.74) is 5.89. The topological polar surface area (TPSA) is 72.2 Å². The Morgan fingerprint density at radius 3 is 2.73 bits per heavy atom. The highest BCUT2D eigenvalue weighted by molar-refractivity contribution is 7.84. The van der Waals surface area contributed by atoms with Gasteiger partial charge in [0.05, 0.1) is 5.92 Å². The second-order valence-corrected chi connectivity index (χ2v) is 5.68. The van der Waals surface area contributed by atoms with Crippen molar-refractivity contribution in [3.8, 4) is 0 Å². The van der Waals surface area contributed by atoms with Crippen LogP contribution in [0.1, 0.15) is 25.7 Å². The number of amides is 1. The molecule has 88 valence electrons. The first-order valence-corrected chi connectivity index (χ1v) is 7.17. The Bertz CT molecular complexity index is 246. The van der Waals surface area contributed by atoms with Gasteiger partial charge in [-0.05, 0) is 12.8 Å². The number of hydrogen-bond acceptors (Lipinski definition) is 3. The minimum absolute atomic E-state index is 0.00544. The molecule has 0 spiro atoms. The Morgan fingerprint density at radius 1 is 1.47 bits per heavy atom. The SMILES string of the molecule is CS(=O)CCNC(=O)C1CCCCC1N. The van der Waals surface area contributed by atoms with Gasteiger partial charge in [-0.15, -0.1) is 0 Å². The molecule has 4 nitrogen and oxygen atoms in total. The summed E-state index contributed by atoms with van der Waals surface area (Å²) >= 11 is 0. The van der Waals surface area contributed by atoms with Gasteiger partial charge in [0.15, 0.2) is 0 Å². The number of nitrogens with two attached hydrogens (primary N) is 1. The first kappa shape index (κ1) is 12.6. The lowest BCUT2D eigenvalue weighted by Crippen LogP contribution is -2.44. The van der Waals surface area contributed by atoms with Crippen molar-refractivity contribution in [3.63, 3.8) is 0 Å². The molecule has 0 bridgehead atoms. The maximum Gasteiger partial charge on any atom is 0.224 e. The summed E-state index contributed by atoms with van der Waals surface area (Å²) < 4.78 is 10.8. The number of carbonyl (C=O) groups is 1. The zero-order valence-corrected chi connectivity index (χ0v) is 10.0. The molecule has 15 heavy (non-hydrogen) atoms. The summed E-state index contributed by atoms with van der Waals surface area (Å²) in [6.45, 7) is 0.491. The minimum atomic E-state index is -0.842. The van der Waals surface area contributed by atoms with Crippen LogP contribution in [0.2, 0.25) is 0 Å². The van der Waals surface area contributed by atoms with Crippen LogP contribution in [0.3, 0.4) is 0 Å². The second kappa shape index (κ2) is 6.23. The normalized spacial score (nSPS) is 28.4. The molecule has 1 amide bonds. The standard InChI is InChI=1S/C10H20N2O2S/c1-15(14)7-6-12-10(13)8-4-2-3-5-9(8)11/h8-9H,2-7,11H2,1H3,(H,12,13). The van der Waals surface area contributed by atoms with E-state index in [0.29, 0.717) is 12.3 Å². The van der Waals surface area contributed by atoms with E-state index in [1.165, 1.54) is 0 Å². The van der Waals surface area contributed by atoms with E-state index in [9.17, 15) is 9.00 Å². The van der Waals surface area contributed by atoms with Gasteiger partial charge in [0.2, 0.25) is 5.91 Å². The summed E-state index contributed by atoms with van der Waals surface area (Å²) in [5, 5.41) is 2.80. The summed E-state index contributed by atoms with van der Waals surface area (Å²) in [7, 11) is -0.842. The molecule has 0 aromatic carbocycles. The summed E-state index contributed by atoms with van der Waals surface area (Å²) in [4.78, 5) is 11.7. The van der Waals surface area contributed by atoms with Crippen molar-refractivity contribution in [2.24, 2.45) is 11.7 Å². The maximum atomic E-state index is 11.7. The lowest BCUT2D eigenvalue weighted by molar-refractivity contribution is -0.126. The highest BCUT2D eigenvalue weighted by atomic mass is 32.2. The summed E-state index contributed by atoms with van der Waals surface area (Å²) in [5.74, 6) is 0.518. The van der Waals surface area contributed by atoms with Crippen LogP contribution in [0.4, 0.5) is 0 Å². The van der Waals surface area contributed by atoms with Gasteiger partial charge in [0.1, 0.15) is 0 Å². The number of nitrogens with one attached hydrogen (secondary N) is 1. The molecule has 0 aromatic heterocycles.